The molecule has 1 aromatic heterocycles. The molecule has 0 spiro atoms. The molecule has 0 unspecified atom stereocenters. The molecule has 0 radical (unpaired) electrons. The van der Waals surface area contributed by atoms with E-state index in [1.165, 1.54) is 6.33 Å². The third kappa shape index (κ3) is 4.32. The number of nitrogens with two attached hydrogens (primary N) is 1. The largest absolute Gasteiger partial charge is 0.493 e. The molecule has 6 heteroatoms. The molecule has 0 saturated carbocycles. The number of anilines is 2. The van der Waals surface area contributed by atoms with Gasteiger partial charge in [0.05, 0.1) is 19.2 Å². The monoisotopic (exact) mass is 396 g/mol. The van der Waals surface area contributed by atoms with Crippen molar-refractivity contribution in [3.63, 3.8) is 0 Å². The lowest BCUT2D eigenvalue weighted by Gasteiger charge is -2.13. The van der Waals surface area contributed by atoms with Gasteiger partial charge in [0, 0.05) is 22.7 Å². The molecule has 4 rings (SSSR count). The maximum atomic E-state index is 5.93. The molecule has 148 valence electrons. The number of nitrogens with one attached hydrogen (secondary N) is 1. The van der Waals surface area contributed by atoms with E-state index in [9.17, 15) is 0 Å². The molecular formula is C24H20N4O2. The van der Waals surface area contributed by atoms with Gasteiger partial charge < -0.3 is 20.5 Å². The Balaban J connectivity index is 1.64. The molecule has 0 fully saturated rings. The number of fused-ring (bicyclic) bond motifs is 1. The Kier molecular flexibility index (Phi) is 5.74. The third-order valence-corrected chi connectivity index (χ3v) is 4.37. The van der Waals surface area contributed by atoms with Gasteiger partial charge in [0.25, 0.3) is 0 Å². The van der Waals surface area contributed by atoms with Crippen LogP contribution in [0.5, 0.6) is 17.2 Å². The van der Waals surface area contributed by atoms with E-state index in [1.807, 2.05) is 66.7 Å². The van der Waals surface area contributed by atoms with Crippen LogP contribution < -0.4 is 20.5 Å². The first-order valence-electron chi connectivity index (χ1n) is 9.38. The molecule has 1 heterocycles. The Morgan fingerprint density at radius 1 is 0.967 bits per heavy atom. The van der Waals surface area contributed by atoms with E-state index in [0.717, 1.165) is 27.9 Å². The average Bonchev–Trinajstić information content (AvgIpc) is 2.79. The second-order valence-electron chi connectivity index (χ2n) is 6.37. The van der Waals surface area contributed by atoms with Gasteiger partial charge in [-0.25, -0.2) is 9.97 Å². The van der Waals surface area contributed by atoms with Gasteiger partial charge in [-0.2, -0.15) is 0 Å². The van der Waals surface area contributed by atoms with E-state index < -0.39 is 0 Å². The number of para-hydroxylation sites is 1. The lowest BCUT2D eigenvalue weighted by atomic mass is 10.1. The van der Waals surface area contributed by atoms with Gasteiger partial charge in [0.15, 0.2) is 11.5 Å². The van der Waals surface area contributed by atoms with Crippen molar-refractivity contribution in [3.05, 3.63) is 78.6 Å². The second kappa shape index (κ2) is 8.95. The summed E-state index contributed by atoms with van der Waals surface area (Å²) in [5, 5.41) is 4.20. The second-order valence-corrected chi connectivity index (χ2v) is 6.37. The van der Waals surface area contributed by atoms with Crippen molar-refractivity contribution in [1.29, 1.82) is 0 Å². The number of hydrogen-bond donors (Lipinski definition) is 2. The zero-order valence-corrected chi connectivity index (χ0v) is 16.4. The fourth-order valence-electron chi connectivity index (χ4n) is 2.97. The summed E-state index contributed by atoms with van der Waals surface area (Å²) in [6.45, 7) is 0.311. The van der Waals surface area contributed by atoms with Gasteiger partial charge in [-0.3, -0.25) is 0 Å². The summed E-state index contributed by atoms with van der Waals surface area (Å²) >= 11 is 0. The first-order valence-corrected chi connectivity index (χ1v) is 9.38. The summed E-state index contributed by atoms with van der Waals surface area (Å²) in [4.78, 5) is 8.73. The normalized spacial score (nSPS) is 10.2. The van der Waals surface area contributed by atoms with Crippen molar-refractivity contribution < 1.29 is 9.47 Å². The Morgan fingerprint density at radius 3 is 2.63 bits per heavy atom. The lowest BCUT2D eigenvalue weighted by Crippen LogP contribution is -1.98. The van der Waals surface area contributed by atoms with Gasteiger partial charge in [0.1, 0.15) is 17.9 Å². The average molecular weight is 396 g/mol. The molecule has 0 atom stereocenters. The highest BCUT2D eigenvalue weighted by atomic mass is 16.5. The number of methoxy groups -OCH3 is 1. The van der Waals surface area contributed by atoms with E-state index in [2.05, 4.69) is 27.1 Å². The van der Waals surface area contributed by atoms with Gasteiger partial charge in [-0.05, 0) is 42.5 Å². The molecule has 0 saturated heterocycles. The highest BCUT2D eigenvalue weighted by Gasteiger charge is 2.10. The minimum atomic E-state index is 0.311. The van der Waals surface area contributed by atoms with Gasteiger partial charge in [-0.15, -0.1) is 0 Å². The van der Waals surface area contributed by atoms with E-state index >= 15 is 0 Å². The van der Waals surface area contributed by atoms with Crippen molar-refractivity contribution >= 4 is 22.4 Å². The summed E-state index contributed by atoms with van der Waals surface area (Å²) in [7, 11) is 1.61. The van der Waals surface area contributed by atoms with Crippen LogP contribution in [-0.4, -0.2) is 23.6 Å². The molecule has 30 heavy (non-hydrogen) atoms. The van der Waals surface area contributed by atoms with Crippen LogP contribution in [0.2, 0.25) is 0 Å². The third-order valence-electron chi connectivity index (χ3n) is 4.37. The summed E-state index contributed by atoms with van der Waals surface area (Å²) in [5.74, 6) is 8.56. The summed E-state index contributed by atoms with van der Waals surface area (Å²) in [6, 6.07) is 21.0. The Hall–Kier alpha value is -4.08. The lowest BCUT2D eigenvalue weighted by molar-refractivity contribution is 0.379. The van der Waals surface area contributed by atoms with Crippen molar-refractivity contribution in [2.24, 2.45) is 5.73 Å². The van der Waals surface area contributed by atoms with E-state index in [4.69, 9.17) is 15.2 Å². The Labute approximate surface area is 174 Å². The fraction of sp³-hybridized carbons (Fsp3) is 0.0833. The van der Waals surface area contributed by atoms with Crippen LogP contribution in [0.15, 0.2) is 73.1 Å². The van der Waals surface area contributed by atoms with Crippen LogP contribution >= 0.6 is 0 Å². The molecular weight excluding hydrogens is 376 g/mol. The number of ether oxygens (including phenoxy) is 2. The predicted molar refractivity (Wildman–Crippen MR) is 118 cm³/mol. The molecule has 3 N–H and O–H groups in total. The number of nitrogens with zero attached hydrogens (tertiary/aromatic N) is 2. The van der Waals surface area contributed by atoms with Gasteiger partial charge in [0.2, 0.25) is 0 Å². The highest BCUT2D eigenvalue weighted by molar-refractivity contribution is 5.91. The molecule has 0 amide bonds. The maximum absolute atomic E-state index is 5.93. The van der Waals surface area contributed by atoms with Crippen LogP contribution in [0.3, 0.4) is 0 Å². The molecule has 6 nitrogen and oxygen atoms in total. The maximum Gasteiger partial charge on any atom is 0.169 e. The zero-order valence-electron chi connectivity index (χ0n) is 16.4. The van der Waals surface area contributed by atoms with Crippen LogP contribution in [0.1, 0.15) is 5.56 Å². The number of aromatic nitrogens is 2. The fourth-order valence-corrected chi connectivity index (χ4v) is 2.97. The van der Waals surface area contributed by atoms with Crippen molar-refractivity contribution in [2.45, 2.75) is 0 Å². The van der Waals surface area contributed by atoms with Gasteiger partial charge in [-0.1, -0.05) is 30.0 Å². The molecule has 0 aliphatic rings. The van der Waals surface area contributed by atoms with Crippen molar-refractivity contribution in [1.82, 2.24) is 9.97 Å². The first kappa shape index (κ1) is 19.2. The van der Waals surface area contributed by atoms with Crippen LogP contribution in [0, 0.1) is 11.8 Å². The van der Waals surface area contributed by atoms with Crippen molar-refractivity contribution in [2.75, 3.05) is 19.0 Å². The molecule has 0 aliphatic carbocycles. The van der Waals surface area contributed by atoms with E-state index in [0.29, 0.717) is 23.9 Å². The quantitative estimate of drug-likeness (QED) is 0.484. The Bertz CT molecular complexity index is 1230. The van der Waals surface area contributed by atoms with Crippen LogP contribution in [0.4, 0.5) is 11.5 Å². The van der Waals surface area contributed by atoms with Gasteiger partial charge >= 0.3 is 0 Å². The molecule has 0 aliphatic heterocycles. The van der Waals surface area contributed by atoms with Crippen LogP contribution in [-0.2, 0) is 0 Å². The summed E-state index contributed by atoms with van der Waals surface area (Å²) in [6.07, 6.45) is 1.53. The SMILES string of the molecule is COc1cc(Nc2ncnc3ccc(C#CCN)cc23)ccc1Oc1ccccc1. The minimum absolute atomic E-state index is 0.311. The summed E-state index contributed by atoms with van der Waals surface area (Å²) in [5.41, 5.74) is 7.96. The first-order chi connectivity index (χ1) is 14.8. The van der Waals surface area contributed by atoms with Crippen LogP contribution in [0.25, 0.3) is 10.9 Å². The van der Waals surface area contributed by atoms with Crippen molar-refractivity contribution in [3.8, 4) is 29.1 Å². The summed E-state index contributed by atoms with van der Waals surface area (Å²) < 4.78 is 11.4. The standard InChI is InChI=1S/C24H20N4O2/c1-29-23-15-18(10-12-22(23)30-19-7-3-2-4-8-19)28-24-20-14-17(6-5-13-25)9-11-21(20)26-16-27-24/h2-4,7-12,14-16H,13,25H2,1H3,(H,26,27,28). The molecule has 4 aromatic rings. The molecule has 0 bridgehead atoms. The topological polar surface area (TPSA) is 82.3 Å². The highest BCUT2D eigenvalue weighted by Crippen LogP contribution is 2.35. The zero-order chi connectivity index (χ0) is 20.8. The molecule has 3 aromatic carbocycles. The number of benzene rings is 3. The van der Waals surface area contributed by atoms with E-state index in [-0.39, 0.29) is 0 Å². The minimum Gasteiger partial charge on any atom is -0.493 e. The Morgan fingerprint density at radius 2 is 1.83 bits per heavy atom. The smallest absolute Gasteiger partial charge is 0.169 e. The van der Waals surface area contributed by atoms with E-state index in [1.54, 1.807) is 7.11 Å². The number of hydrogen-bond acceptors (Lipinski definition) is 6. The number of rotatable bonds is 5. The predicted octanol–water partition coefficient (Wildman–Crippen LogP) is 4.48.